The Morgan fingerprint density at radius 2 is 1.76 bits per heavy atom. The average Bonchev–Trinajstić information content (AvgIpc) is 3.51. The molecule has 29 heavy (non-hydrogen) atoms. The van der Waals surface area contributed by atoms with Crippen LogP contribution in [-0.2, 0) is 16.0 Å². The Morgan fingerprint density at radius 3 is 2.45 bits per heavy atom. The predicted molar refractivity (Wildman–Crippen MR) is 116 cm³/mol. The Labute approximate surface area is 173 Å². The maximum absolute atomic E-state index is 11.2. The molecule has 0 bridgehead atoms. The molecule has 3 heteroatoms. The molecule has 2 aliphatic carbocycles. The van der Waals surface area contributed by atoms with Gasteiger partial charge in [0.1, 0.15) is 12.4 Å². The summed E-state index contributed by atoms with van der Waals surface area (Å²) in [7, 11) is 1.43. The van der Waals surface area contributed by atoms with Crippen molar-refractivity contribution in [3.05, 3.63) is 70.8 Å². The quantitative estimate of drug-likeness (QED) is 0.487. The molecule has 0 spiro atoms. The lowest BCUT2D eigenvalue weighted by molar-refractivity contribution is -0.140. The van der Waals surface area contributed by atoms with Crippen LogP contribution in [0.2, 0.25) is 0 Å². The molecule has 1 fully saturated rings. The second-order valence-electron chi connectivity index (χ2n) is 8.19. The molecule has 0 atom stereocenters. The molecular weight excluding hydrogens is 360 g/mol. The minimum atomic E-state index is -0.146. The Bertz CT molecular complexity index is 858. The summed E-state index contributed by atoms with van der Waals surface area (Å²) in [6.45, 7) is 0.668. The Hall–Kier alpha value is -2.55. The van der Waals surface area contributed by atoms with E-state index in [0.717, 1.165) is 37.4 Å². The summed E-state index contributed by atoms with van der Waals surface area (Å²) in [4.78, 5) is 11.2. The fraction of sp³-hybridized carbons (Fsp3) is 0.423. The summed E-state index contributed by atoms with van der Waals surface area (Å²) >= 11 is 0. The van der Waals surface area contributed by atoms with Crippen molar-refractivity contribution >= 4 is 11.5 Å². The van der Waals surface area contributed by atoms with Crippen LogP contribution in [0.3, 0.4) is 0 Å². The third-order valence-electron chi connectivity index (χ3n) is 6.05. The molecule has 0 amide bonds. The van der Waals surface area contributed by atoms with Crippen molar-refractivity contribution in [3.8, 4) is 5.75 Å². The highest BCUT2D eigenvalue weighted by Gasteiger charge is 2.23. The highest BCUT2D eigenvalue weighted by atomic mass is 16.5. The number of esters is 1. The van der Waals surface area contributed by atoms with Crippen LogP contribution in [0, 0.1) is 0 Å². The van der Waals surface area contributed by atoms with E-state index >= 15 is 0 Å². The van der Waals surface area contributed by atoms with Crippen LogP contribution >= 0.6 is 0 Å². The van der Waals surface area contributed by atoms with Gasteiger partial charge in [0, 0.05) is 6.42 Å². The van der Waals surface area contributed by atoms with Crippen LogP contribution in [-0.4, -0.2) is 19.7 Å². The molecule has 0 heterocycles. The minimum Gasteiger partial charge on any atom is -0.489 e. The number of carbonyl (C=O) groups is 1. The summed E-state index contributed by atoms with van der Waals surface area (Å²) in [6, 6.07) is 17.5. The van der Waals surface area contributed by atoms with E-state index in [9.17, 15) is 4.79 Å². The fourth-order valence-corrected chi connectivity index (χ4v) is 4.15. The van der Waals surface area contributed by atoms with E-state index in [0.29, 0.717) is 13.0 Å². The smallest absolute Gasteiger partial charge is 0.305 e. The van der Waals surface area contributed by atoms with Gasteiger partial charge in [-0.2, -0.15) is 0 Å². The monoisotopic (exact) mass is 390 g/mol. The molecule has 2 aromatic rings. The number of allylic oxidation sites excluding steroid dienone is 1. The molecule has 1 saturated carbocycles. The van der Waals surface area contributed by atoms with E-state index in [2.05, 4.69) is 41.1 Å². The minimum absolute atomic E-state index is 0.146. The lowest BCUT2D eigenvalue weighted by atomic mass is 10.00. The van der Waals surface area contributed by atoms with Crippen molar-refractivity contribution in [2.75, 3.05) is 13.7 Å². The summed E-state index contributed by atoms with van der Waals surface area (Å²) in [6.07, 6.45) is 8.36. The van der Waals surface area contributed by atoms with Gasteiger partial charge in [0.25, 0.3) is 0 Å². The summed E-state index contributed by atoms with van der Waals surface area (Å²) in [5.74, 6) is 1.57. The zero-order valence-corrected chi connectivity index (χ0v) is 17.3. The van der Waals surface area contributed by atoms with Crippen LogP contribution < -0.4 is 4.74 Å². The zero-order valence-electron chi connectivity index (χ0n) is 17.3. The standard InChI is InChI=1S/C26H30O3/c1-28-26(27)7-2-4-19-8-16-24(17-9-19)29-18-23-5-3-6-25(23)22-14-12-21(13-15-22)20-10-11-20/h8-9,12-17,20H,2-7,10-11,18H2,1H3. The van der Waals surface area contributed by atoms with Gasteiger partial charge in [0.2, 0.25) is 0 Å². The fourth-order valence-electron chi connectivity index (χ4n) is 4.15. The van der Waals surface area contributed by atoms with Crippen molar-refractivity contribution in [1.82, 2.24) is 0 Å². The molecule has 0 N–H and O–H groups in total. The molecule has 0 aliphatic heterocycles. The van der Waals surface area contributed by atoms with Crippen molar-refractivity contribution in [2.24, 2.45) is 0 Å². The first-order valence-corrected chi connectivity index (χ1v) is 10.8. The highest BCUT2D eigenvalue weighted by molar-refractivity contribution is 5.71. The van der Waals surface area contributed by atoms with Gasteiger partial charge in [-0.15, -0.1) is 0 Å². The lowest BCUT2D eigenvalue weighted by Gasteiger charge is -2.11. The number of aryl methyl sites for hydroxylation is 1. The van der Waals surface area contributed by atoms with Gasteiger partial charge in [-0.3, -0.25) is 4.79 Å². The van der Waals surface area contributed by atoms with Crippen LogP contribution in [0.5, 0.6) is 5.75 Å². The number of rotatable bonds is 9. The van der Waals surface area contributed by atoms with Gasteiger partial charge < -0.3 is 9.47 Å². The van der Waals surface area contributed by atoms with Crippen molar-refractivity contribution in [2.45, 2.75) is 57.3 Å². The van der Waals surface area contributed by atoms with E-state index in [1.165, 1.54) is 54.2 Å². The second-order valence-corrected chi connectivity index (χ2v) is 8.19. The number of benzene rings is 2. The van der Waals surface area contributed by atoms with E-state index in [1.807, 2.05) is 12.1 Å². The van der Waals surface area contributed by atoms with Crippen LogP contribution in [0.4, 0.5) is 0 Å². The van der Waals surface area contributed by atoms with Crippen molar-refractivity contribution in [1.29, 1.82) is 0 Å². The van der Waals surface area contributed by atoms with Crippen LogP contribution in [0.25, 0.3) is 5.57 Å². The van der Waals surface area contributed by atoms with Crippen molar-refractivity contribution < 1.29 is 14.3 Å². The second kappa shape index (κ2) is 9.30. The summed E-state index contributed by atoms with van der Waals surface area (Å²) in [5.41, 5.74) is 7.00. The molecule has 4 rings (SSSR count). The largest absolute Gasteiger partial charge is 0.489 e. The topological polar surface area (TPSA) is 35.5 Å². The van der Waals surface area contributed by atoms with Crippen molar-refractivity contribution in [3.63, 3.8) is 0 Å². The van der Waals surface area contributed by atoms with Gasteiger partial charge in [-0.25, -0.2) is 0 Å². The van der Waals surface area contributed by atoms with Gasteiger partial charge in [0.05, 0.1) is 7.11 Å². The maximum atomic E-state index is 11.2. The SMILES string of the molecule is COC(=O)CCCc1ccc(OCC2=C(c3ccc(C4CC4)cc3)CCC2)cc1. The molecule has 0 radical (unpaired) electrons. The number of methoxy groups -OCH3 is 1. The first-order valence-electron chi connectivity index (χ1n) is 10.8. The van der Waals surface area contributed by atoms with E-state index < -0.39 is 0 Å². The normalized spacial score (nSPS) is 16.2. The average molecular weight is 391 g/mol. The van der Waals surface area contributed by atoms with E-state index in [1.54, 1.807) is 0 Å². The highest BCUT2D eigenvalue weighted by Crippen LogP contribution is 2.41. The molecule has 152 valence electrons. The Morgan fingerprint density at radius 1 is 1.00 bits per heavy atom. The van der Waals surface area contributed by atoms with E-state index in [4.69, 9.17) is 4.74 Å². The summed E-state index contributed by atoms with van der Waals surface area (Å²) < 4.78 is 10.8. The molecule has 2 aromatic carbocycles. The molecule has 0 aromatic heterocycles. The third-order valence-corrected chi connectivity index (χ3v) is 6.05. The van der Waals surface area contributed by atoms with Gasteiger partial charge in [0.15, 0.2) is 0 Å². The van der Waals surface area contributed by atoms with Gasteiger partial charge in [-0.05, 0) is 90.8 Å². The third kappa shape index (κ3) is 5.29. The van der Waals surface area contributed by atoms with Crippen LogP contribution in [0.1, 0.15) is 67.6 Å². The molecular formula is C26H30O3. The van der Waals surface area contributed by atoms with Gasteiger partial charge >= 0.3 is 5.97 Å². The predicted octanol–water partition coefficient (Wildman–Crippen LogP) is 6.08. The maximum Gasteiger partial charge on any atom is 0.305 e. The summed E-state index contributed by atoms with van der Waals surface area (Å²) in [5, 5.41) is 0. The first kappa shape index (κ1) is 19.8. The van der Waals surface area contributed by atoms with Gasteiger partial charge in [-0.1, -0.05) is 36.4 Å². The number of ether oxygens (including phenoxy) is 2. The molecule has 3 nitrogen and oxygen atoms in total. The first-order chi connectivity index (χ1) is 14.2. The van der Waals surface area contributed by atoms with E-state index in [-0.39, 0.29) is 5.97 Å². The molecule has 0 unspecified atom stereocenters. The molecule has 0 saturated heterocycles. The van der Waals surface area contributed by atoms with Crippen LogP contribution in [0.15, 0.2) is 54.1 Å². The zero-order chi connectivity index (χ0) is 20.1. The lowest BCUT2D eigenvalue weighted by Crippen LogP contribution is -2.02. The molecule has 2 aliphatic rings. The Kier molecular flexibility index (Phi) is 6.33. The number of hydrogen-bond acceptors (Lipinski definition) is 3. The number of carbonyl (C=O) groups excluding carboxylic acids is 1. The Balaban J connectivity index is 1.32. The number of hydrogen-bond donors (Lipinski definition) is 0.